The van der Waals surface area contributed by atoms with Gasteiger partial charge in [0.05, 0.1) is 24.6 Å². The number of esters is 1. The molecule has 178 valence electrons. The van der Waals surface area contributed by atoms with E-state index in [2.05, 4.69) is 15.9 Å². The van der Waals surface area contributed by atoms with E-state index in [9.17, 15) is 9.59 Å². The van der Waals surface area contributed by atoms with Crippen molar-refractivity contribution in [1.82, 2.24) is 0 Å². The van der Waals surface area contributed by atoms with Crippen LogP contribution in [0, 0.1) is 0 Å². The first-order chi connectivity index (χ1) is 16.3. The Hall–Kier alpha value is -2.97. The van der Waals surface area contributed by atoms with E-state index < -0.39 is 11.9 Å². The minimum absolute atomic E-state index is 0.0700. The molecule has 2 aromatic carbocycles. The monoisotopic (exact) mass is 547 g/mol. The molecule has 4 rings (SSSR count). The number of rotatable bonds is 6. The zero-order valence-electron chi connectivity index (χ0n) is 18.7. The number of benzene rings is 2. The van der Waals surface area contributed by atoms with Crippen LogP contribution in [0.4, 0.5) is 0 Å². The summed E-state index contributed by atoms with van der Waals surface area (Å²) >= 11 is 9.81. The summed E-state index contributed by atoms with van der Waals surface area (Å²) in [6.45, 7) is 0.222. The molecule has 1 heterocycles. The standard InChI is InChI=1S/C25H23BrClNO6/c1-31-19-11-14(10-15(26)23(19)33-12-13-6-3-4-7-16(13)27)20-21-17(29)8-5-9-18(21)34-24(28)22(20)25(30)32-2/h3-4,6-7,10-11,20H,5,8-9,12,28H2,1-2H3/t20-/m1/s1. The number of hydrogen-bond donors (Lipinski definition) is 1. The quantitative estimate of drug-likeness (QED) is 0.498. The van der Waals surface area contributed by atoms with Gasteiger partial charge in [0.1, 0.15) is 17.9 Å². The molecule has 2 aromatic rings. The summed E-state index contributed by atoms with van der Waals surface area (Å²) in [4.78, 5) is 25.6. The van der Waals surface area contributed by atoms with E-state index in [4.69, 9.17) is 36.3 Å². The fourth-order valence-electron chi connectivity index (χ4n) is 4.21. The van der Waals surface area contributed by atoms with Crippen molar-refractivity contribution in [3.8, 4) is 11.5 Å². The van der Waals surface area contributed by atoms with E-state index in [1.807, 2.05) is 18.2 Å². The van der Waals surface area contributed by atoms with Crippen molar-refractivity contribution in [3.63, 3.8) is 0 Å². The van der Waals surface area contributed by atoms with Crippen LogP contribution in [0.15, 0.2) is 63.7 Å². The predicted octanol–water partition coefficient (Wildman–Crippen LogP) is 5.15. The average molecular weight is 549 g/mol. The summed E-state index contributed by atoms with van der Waals surface area (Å²) < 4.78 is 22.9. The molecular weight excluding hydrogens is 526 g/mol. The first-order valence-electron chi connectivity index (χ1n) is 10.6. The average Bonchev–Trinajstić information content (AvgIpc) is 2.82. The normalized spacial score (nSPS) is 17.8. The van der Waals surface area contributed by atoms with Crippen molar-refractivity contribution < 1.29 is 28.5 Å². The summed E-state index contributed by atoms with van der Waals surface area (Å²) in [5, 5.41) is 0.593. The lowest BCUT2D eigenvalue weighted by molar-refractivity contribution is -0.136. The van der Waals surface area contributed by atoms with Crippen molar-refractivity contribution in [1.29, 1.82) is 0 Å². The summed E-state index contributed by atoms with van der Waals surface area (Å²) in [6.07, 6.45) is 1.58. The number of halogens is 2. The maximum atomic E-state index is 12.9. The van der Waals surface area contributed by atoms with Crippen LogP contribution in [-0.2, 0) is 25.7 Å². The highest BCUT2D eigenvalue weighted by molar-refractivity contribution is 9.10. The maximum absolute atomic E-state index is 12.9. The highest BCUT2D eigenvalue weighted by atomic mass is 79.9. The topological polar surface area (TPSA) is 97.1 Å². The van der Waals surface area contributed by atoms with E-state index in [-0.39, 0.29) is 23.8 Å². The molecule has 0 bridgehead atoms. The second-order valence-corrected chi connectivity index (χ2v) is 9.09. The lowest BCUT2D eigenvalue weighted by Gasteiger charge is -2.32. The van der Waals surface area contributed by atoms with Gasteiger partial charge in [-0.05, 0) is 46.1 Å². The molecule has 0 radical (unpaired) electrons. The number of carbonyl (C=O) groups excluding carboxylic acids is 2. The van der Waals surface area contributed by atoms with Crippen molar-refractivity contribution in [2.75, 3.05) is 14.2 Å². The molecule has 0 saturated carbocycles. The van der Waals surface area contributed by atoms with Gasteiger partial charge in [-0.3, -0.25) is 4.79 Å². The van der Waals surface area contributed by atoms with Crippen molar-refractivity contribution in [2.24, 2.45) is 5.73 Å². The van der Waals surface area contributed by atoms with Gasteiger partial charge in [-0.25, -0.2) is 4.79 Å². The molecule has 1 atom stereocenters. The fraction of sp³-hybridized carbons (Fsp3) is 0.280. The smallest absolute Gasteiger partial charge is 0.340 e. The molecule has 34 heavy (non-hydrogen) atoms. The molecule has 0 fully saturated rings. The van der Waals surface area contributed by atoms with Gasteiger partial charge in [0.2, 0.25) is 5.88 Å². The van der Waals surface area contributed by atoms with Gasteiger partial charge in [0, 0.05) is 29.0 Å². The Labute approximate surface area is 210 Å². The molecule has 0 spiro atoms. The van der Waals surface area contributed by atoms with Crippen LogP contribution in [0.1, 0.15) is 36.3 Å². The first-order valence-corrected chi connectivity index (χ1v) is 11.8. The van der Waals surface area contributed by atoms with E-state index in [0.717, 1.165) is 5.56 Å². The lowest BCUT2D eigenvalue weighted by Crippen LogP contribution is -2.31. The van der Waals surface area contributed by atoms with Crippen LogP contribution in [-0.4, -0.2) is 26.0 Å². The number of nitrogens with two attached hydrogens (primary N) is 1. The van der Waals surface area contributed by atoms with E-state index in [1.54, 1.807) is 18.2 Å². The minimum Gasteiger partial charge on any atom is -0.493 e. The fourth-order valence-corrected chi connectivity index (χ4v) is 4.97. The molecule has 2 aliphatic rings. The molecule has 0 aromatic heterocycles. The molecule has 0 amide bonds. The number of carbonyl (C=O) groups is 2. The molecule has 1 aliphatic carbocycles. The largest absolute Gasteiger partial charge is 0.493 e. The minimum atomic E-state index is -0.758. The number of Topliss-reactive ketones (excluding diaryl/α,β-unsaturated/α-hetero) is 1. The first kappa shape index (κ1) is 24.2. The van der Waals surface area contributed by atoms with Crippen molar-refractivity contribution in [3.05, 3.63) is 79.8 Å². The summed E-state index contributed by atoms with van der Waals surface area (Å²) in [5.74, 6) is -0.224. The van der Waals surface area contributed by atoms with E-state index in [0.29, 0.717) is 57.2 Å². The highest BCUT2D eigenvalue weighted by Gasteiger charge is 2.41. The van der Waals surface area contributed by atoms with E-state index in [1.165, 1.54) is 14.2 Å². The second kappa shape index (κ2) is 10.1. The third-order valence-corrected chi connectivity index (χ3v) is 6.76. The highest BCUT2D eigenvalue weighted by Crippen LogP contribution is 2.47. The Kier molecular flexibility index (Phi) is 7.19. The third kappa shape index (κ3) is 4.52. The summed E-state index contributed by atoms with van der Waals surface area (Å²) in [6, 6.07) is 10.9. The number of hydrogen-bond acceptors (Lipinski definition) is 7. The SMILES string of the molecule is COC(=O)C1=C(N)OC2=C(C(=O)CCC2)[C@H]1c1cc(Br)c(OCc2ccccc2Cl)c(OC)c1. The van der Waals surface area contributed by atoms with Gasteiger partial charge in [-0.2, -0.15) is 0 Å². The van der Waals surface area contributed by atoms with Crippen LogP contribution in [0.2, 0.25) is 5.02 Å². The Morgan fingerprint density at radius 3 is 2.71 bits per heavy atom. The molecule has 7 nitrogen and oxygen atoms in total. The number of methoxy groups -OCH3 is 2. The summed E-state index contributed by atoms with van der Waals surface area (Å²) in [7, 11) is 2.77. The zero-order chi connectivity index (χ0) is 24.4. The third-order valence-electron chi connectivity index (χ3n) is 5.80. The lowest BCUT2D eigenvalue weighted by atomic mass is 9.77. The van der Waals surface area contributed by atoms with Gasteiger partial charge in [-0.1, -0.05) is 29.8 Å². The van der Waals surface area contributed by atoms with Crippen molar-refractivity contribution in [2.45, 2.75) is 31.8 Å². The number of allylic oxidation sites excluding steroid dienone is 2. The Bertz CT molecular complexity index is 1220. The van der Waals surface area contributed by atoms with Gasteiger partial charge in [0.25, 0.3) is 0 Å². The maximum Gasteiger partial charge on any atom is 0.340 e. The Morgan fingerprint density at radius 2 is 2.00 bits per heavy atom. The van der Waals surface area contributed by atoms with Gasteiger partial charge in [-0.15, -0.1) is 0 Å². The van der Waals surface area contributed by atoms with Crippen LogP contribution >= 0.6 is 27.5 Å². The Balaban J connectivity index is 1.78. The van der Waals surface area contributed by atoms with Crippen molar-refractivity contribution >= 4 is 39.3 Å². The van der Waals surface area contributed by atoms with Gasteiger partial charge >= 0.3 is 5.97 Å². The molecule has 9 heteroatoms. The molecular formula is C25H23BrClNO6. The number of ketones is 1. The van der Waals surface area contributed by atoms with Crippen LogP contribution < -0.4 is 15.2 Å². The summed E-state index contributed by atoms with van der Waals surface area (Å²) in [5.41, 5.74) is 8.06. The van der Waals surface area contributed by atoms with E-state index >= 15 is 0 Å². The zero-order valence-corrected chi connectivity index (χ0v) is 21.0. The van der Waals surface area contributed by atoms with Gasteiger partial charge < -0.3 is 24.7 Å². The van der Waals surface area contributed by atoms with Crippen LogP contribution in [0.5, 0.6) is 11.5 Å². The Morgan fingerprint density at radius 1 is 1.24 bits per heavy atom. The molecule has 1 aliphatic heterocycles. The number of ether oxygens (including phenoxy) is 4. The molecule has 0 unspecified atom stereocenters. The second-order valence-electron chi connectivity index (χ2n) is 7.83. The van der Waals surface area contributed by atoms with Gasteiger partial charge in [0.15, 0.2) is 17.3 Å². The van der Waals surface area contributed by atoms with Crippen LogP contribution in [0.3, 0.4) is 0 Å². The molecule has 0 saturated heterocycles. The predicted molar refractivity (Wildman–Crippen MR) is 129 cm³/mol. The molecule has 2 N–H and O–H groups in total. The van der Waals surface area contributed by atoms with Crippen LogP contribution in [0.25, 0.3) is 0 Å².